The number of hydrogen-bond acceptors (Lipinski definition) is 3. The van der Waals surface area contributed by atoms with Crippen LogP contribution < -0.4 is 10.6 Å². The van der Waals surface area contributed by atoms with Gasteiger partial charge in [0.25, 0.3) is 0 Å². The van der Waals surface area contributed by atoms with Crippen LogP contribution in [0.15, 0.2) is 0 Å². The molecule has 6 nitrogen and oxygen atoms in total. The van der Waals surface area contributed by atoms with Gasteiger partial charge in [-0.1, -0.05) is 6.42 Å². The third-order valence-electron chi connectivity index (χ3n) is 4.39. The molecule has 0 heterocycles. The number of nitrogens with one attached hydrogen (secondary N) is 2. The van der Waals surface area contributed by atoms with Gasteiger partial charge < -0.3 is 20.6 Å². The van der Waals surface area contributed by atoms with E-state index in [1.165, 1.54) is 0 Å². The summed E-state index contributed by atoms with van der Waals surface area (Å²) in [7, 11) is 3.94. The van der Waals surface area contributed by atoms with E-state index in [1.807, 2.05) is 32.8 Å². The molecule has 2 atom stereocenters. The molecule has 0 aromatic carbocycles. The predicted octanol–water partition coefficient (Wildman–Crippen LogP) is 1.13. The predicted molar refractivity (Wildman–Crippen MR) is 77.6 cm³/mol. The Morgan fingerprint density at radius 2 is 1.90 bits per heavy atom. The van der Waals surface area contributed by atoms with Crippen LogP contribution in [0.5, 0.6) is 0 Å². The summed E-state index contributed by atoms with van der Waals surface area (Å²) in [4.78, 5) is 24.9. The molecule has 20 heavy (non-hydrogen) atoms. The molecule has 116 valence electrons. The second-order valence-corrected chi connectivity index (χ2v) is 6.41. The maximum Gasteiger partial charge on any atom is 0.314 e. The van der Waals surface area contributed by atoms with E-state index in [-0.39, 0.29) is 23.4 Å². The van der Waals surface area contributed by atoms with Crippen molar-refractivity contribution in [2.75, 3.05) is 27.2 Å². The number of likely N-dealkylation sites (N-methyl/N-ethyl adjacent to an activating group) is 1. The fraction of sp³-hybridized carbons (Fsp3) is 0.857. The summed E-state index contributed by atoms with van der Waals surface area (Å²) in [6.07, 6.45) is 2.52. The molecule has 6 heteroatoms. The zero-order valence-corrected chi connectivity index (χ0v) is 12.9. The first-order chi connectivity index (χ1) is 9.24. The van der Waals surface area contributed by atoms with Crippen LogP contribution in [-0.4, -0.2) is 54.7 Å². The van der Waals surface area contributed by atoms with Gasteiger partial charge >= 0.3 is 12.0 Å². The number of amides is 2. The van der Waals surface area contributed by atoms with Crippen molar-refractivity contribution in [2.24, 2.45) is 11.8 Å². The van der Waals surface area contributed by atoms with E-state index in [2.05, 4.69) is 10.6 Å². The standard InChI is InChI=1S/C14H27N3O3/c1-14(2,17(3)4)9-16-13(20)15-8-10-6-5-7-11(10)12(18)19/h10-11H,5-9H2,1-4H3,(H,18,19)(H2,15,16,20). The van der Waals surface area contributed by atoms with Crippen molar-refractivity contribution in [2.45, 2.75) is 38.6 Å². The number of rotatable bonds is 6. The van der Waals surface area contributed by atoms with Crippen LogP contribution in [0.25, 0.3) is 0 Å². The molecule has 0 saturated heterocycles. The Labute approximate surface area is 120 Å². The van der Waals surface area contributed by atoms with Crippen LogP contribution in [0.1, 0.15) is 33.1 Å². The van der Waals surface area contributed by atoms with E-state index in [0.29, 0.717) is 13.1 Å². The van der Waals surface area contributed by atoms with Crippen molar-refractivity contribution in [1.82, 2.24) is 15.5 Å². The zero-order valence-electron chi connectivity index (χ0n) is 12.9. The lowest BCUT2D eigenvalue weighted by atomic mass is 9.96. The average molecular weight is 285 g/mol. The topological polar surface area (TPSA) is 81.7 Å². The van der Waals surface area contributed by atoms with Crippen LogP contribution in [0.3, 0.4) is 0 Å². The second kappa shape index (κ2) is 6.92. The van der Waals surface area contributed by atoms with Gasteiger partial charge in [-0.25, -0.2) is 4.79 Å². The van der Waals surface area contributed by atoms with Gasteiger partial charge in [0.1, 0.15) is 0 Å². The third-order valence-corrected chi connectivity index (χ3v) is 4.39. The molecule has 0 aliphatic heterocycles. The Hall–Kier alpha value is -1.30. The summed E-state index contributed by atoms with van der Waals surface area (Å²) in [5.74, 6) is -1.00. The first kappa shape index (κ1) is 16.8. The molecule has 1 fully saturated rings. The van der Waals surface area contributed by atoms with Gasteiger partial charge in [0.15, 0.2) is 0 Å². The molecule has 0 bridgehead atoms. The summed E-state index contributed by atoms with van der Waals surface area (Å²) in [6, 6.07) is -0.226. The third kappa shape index (κ3) is 4.67. The molecule has 0 aromatic rings. The lowest BCUT2D eigenvalue weighted by molar-refractivity contribution is -0.142. The van der Waals surface area contributed by atoms with Crippen molar-refractivity contribution in [3.63, 3.8) is 0 Å². The number of nitrogens with zero attached hydrogens (tertiary/aromatic N) is 1. The number of aliphatic carboxylic acids is 1. The summed E-state index contributed by atoms with van der Waals surface area (Å²) >= 11 is 0. The molecule has 0 aromatic heterocycles. The minimum Gasteiger partial charge on any atom is -0.481 e. The van der Waals surface area contributed by atoms with Gasteiger partial charge in [-0.2, -0.15) is 0 Å². The van der Waals surface area contributed by atoms with Gasteiger partial charge in [0, 0.05) is 18.6 Å². The number of carbonyl (C=O) groups excluding carboxylic acids is 1. The van der Waals surface area contributed by atoms with Gasteiger partial charge in [-0.3, -0.25) is 4.79 Å². The molecule has 0 spiro atoms. The lowest BCUT2D eigenvalue weighted by Gasteiger charge is -2.32. The number of carbonyl (C=O) groups is 2. The van der Waals surface area contributed by atoms with Gasteiger partial charge in [-0.05, 0) is 46.7 Å². The van der Waals surface area contributed by atoms with Gasteiger partial charge in [0.05, 0.1) is 5.92 Å². The molecular weight excluding hydrogens is 258 g/mol. The normalized spacial score (nSPS) is 22.9. The fourth-order valence-electron chi connectivity index (χ4n) is 2.35. The smallest absolute Gasteiger partial charge is 0.314 e. The number of urea groups is 1. The molecule has 1 rings (SSSR count). The van der Waals surface area contributed by atoms with Crippen LogP contribution in [0, 0.1) is 11.8 Å². The van der Waals surface area contributed by atoms with Crippen molar-refractivity contribution >= 4 is 12.0 Å². The molecular formula is C14H27N3O3. The Balaban J connectivity index is 2.32. The van der Waals surface area contributed by atoms with Crippen LogP contribution in [0.2, 0.25) is 0 Å². The molecule has 2 unspecified atom stereocenters. The van der Waals surface area contributed by atoms with E-state index in [9.17, 15) is 9.59 Å². The first-order valence-electron chi connectivity index (χ1n) is 7.16. The maximum atomic E-state index is 11.8. The summed E-state index contributed by atoms with van der Waals surface area (Å²) < 4.78 is 0. The molecule has 1 aliphatic rings. The monoisotopic (exact) mass is 285 g/mol. The molecule has 0 radical (unpaired) electrons. The summed E-state index contributed by atoms with van der Waals surface area (Å²) in [5.41, 5.74) is -0.117. The van der Waals surface area contributed by atoms with E-state index in [1.54, 1.807) is 0 Å². The Bertz CT molecular complexity index is 356. The fourth-order valence-corrected chi connectivity index (χ4v) is 2.35. The summed E-state index contributed by atoms with van der Waals surface area (Å²) in [6.45, 7) is 5.07. The minimum atomic E-state index is -0.747. The highest BCUT2D eigenvalue weighted by Gasteiger charge is 2.32. The number of carboxylic acids is 1. The molecule has 3 N–H and O–H groups in total. The number of hydrogen-bond donors (Lipinski definition) is 3. The van der Waals surface area contributed by atoms with E-state index >= 15 is 0 Å². The zero-order chi connectivity index (χ0) is 15.3. The van der Waals surface area contributed by atoms with E-state index in [0.717, 1.165) is 19.3 Å². The first-order valence-corrected chi connectivity index (χ1v) is 7.16. The molecule has 1 aliphatic carbocycles. The highest BCUT2D eigenvalue weighted by Crippen LogP contribution is 2.31. The average Bonchev–Trinajstić information content (AvgIpc) is 2.82. The molecule has 2 amide bonds. The van der Waals surface area contributed by atoms with Crippen molar-refractivity contribution in [3.8, 4) is 0 Å². The Kier molecular flexibility index (Phi) is 5.80. The summed E-state index contributed by atoms with van der Waals surface area (Å²) in [5, 5.41) is 14.7. The van der Waals surface area contributed by atoms with Crippen LogP contribution in [0.4, 0.5) is 4.79 Å². The van der Waals surface area contributed by atoms with E-state index < -0.39 is 5.97 Å². The van der Waals surface area contributed by atoms with Crippen molar-refractivity contribution in [1.29, 1.82) is 0 Å². The Morgan fingerprint density at radius 1 is 1.25 bits per heavy atom. The lowest BCUT2D eigenvalue weighted by Crippen LogP contribution is -2.50. The van der Waals surface area contributed by atoms with E-state index in [4.69, 9.17) is 5.11 Å². The highest BCUT2D eigenvalue weighted by atomic mass is 16.4. The molecule has 1 saturated carbocycles. The van der Waals surface area contributed by atoms with Gasteiger partial charge in [-0.15, -0.1) is 0 Å². The quantitative estimate of drug-likeness (QED) is 0.683. The van der Waals surface area contributed by atoms with Crippen molar-refractivity contribution in [3.05, 3.63) is 0 Å². The minimum absolute atomic E-state index is 0.0557. The maximum absolute atomic E-state index is 11.8. The Morgan fingerprint density at radius 3 is 2.45 bits per heavy atom. The number of carboxylic acid groups (broad SMARTS) is 1. The van der Waals surface area contributed by atoms with Crippen LogP contribution >= 0.6 is 0 Å². The van der Waals surface area contributed by atoms with Gasteiger partial charge in [0.2, 0.25) is 0 Å². The van der Waals surface area contributed by atoms with Crippen LogP contribution in [-0.2, 0) is 4.79 Å². The van der Waals surface area contributed by atoms with Crippen molar-refractivity contribution < 1.29 is 14.7 Å². The SMILES string of the molecule is CN(C)C(C)(C)CNC(=O)NCC1CCCC1C(=O)O. The second-order valence-electron chi connectivity index (χ2n) is 6.41. The highest BCUT2D eigenvalue weighted by molar-refractivity contribution is 5.74. The largest absolute Gasteiger partial charge is 0.481 e.